The van der Waals surface area contributed by atoms with Gasteiger partial charge in [0.1, 0.15) is 0 Å². The number of oxazole rings is 1. The van der Waals surface area contributed by atoms with Crippen LogP contribution < -0.4 is 5.76 Å². The van der Waals surface area contributed by atoms with Crippen LogP contribution in [0.15, 0.2) is 31.9 Å². The topological polar surface area (TPSA) is 38.4 Å². The molecule has 0 bridgehead atoms. The summed E-state index contributed by atoms with van der Waals surface area (Å²) >= 11 is 3.40. The van der Waals surface area contributed by atoms with Crippen LogP contribution in [-0.4, -0.2) is 22.6 Å². The fraction of sp³-hybridized carbons (Fsp3) is 0.562. The number of hydrogen-bond acceptors (Lipinski definition) is 3. The molecule has 2 aromatic rings. The van der Waals surface area contributed by atoms with Crippen LogP contribution in [0.5, 0.6) is 0 Å². The highest BCUT2D eigenvalue weighted by Crippen LogP contribution is 2.19. The second-order valence-electron chi connectivity index (χ2n) is 6.37. The van der Waals surface area contributed by atoms with Gasteiger partial charge in [0.15, 0.2) is 5.58 Å². The van der Waals surface area contributed by atoms with E-state index in [2.05, 4.69) is 48.5 Å². The van der Waals surface area contributed by atoms with Crippen LogP contribution in [0.3, 0.4) is 0 Å². The smallest absolute Gasteiger partial charge is 0.408 e. The van der Waals surface area contributed by atoms with E-state index in [-0.39, 0.29) is 5.76 Å². The molecule has 0 amide bonds. The van der Waals surface area contributed by atoms with Gasteiger partial charge in [0.05, 0.1) is 12.2 Å². The van der Waals surface area contributed by atoms with Gasteiger partial charge in [-0.25, -0.2) is 4.79 Å². The highest BCUT2D eigenvalue weighted by Gasteiger charge is 2.15. The second-order valence-corrected chi connectivity index (χ2v) is 7.29. The van der Waals surface area contributed by atoms with Gasteiger partial charge >= 0.3 is 5.76 Å². The Bertz CT molecular complexity index is 648. The summed E-state index contributed by atoms with van der Waals surface area (Å²) in [5, 5.41) is 0. The fourth-order valence-electron chi connectivity index (χ4n) is 2.60. The summed E-state index contributed by atoms with van der Waals surface area (Å²) in [7, 11) is 0. The first kappa shape index (κ1) is 16.3. The molecule has 116 valence electrons. The van der Waals surface area contributed by atoms with Gasteiger partial charge in [-0.1, -0.05) is 43.6 Å². The van der Waals surface area contributed by atoms with Crippen molar-refractivity contribution in [3.05, 3.63) is 33.2 Å². The number of nitrogens with zero attached hydrogens (tertiary/aromatic N) is 2. The molecule has 5 heteroatoms. The maximum absolute atomic E-state index is 12.1. The summed E-state index contributed by atoms with van der Waals surface area (Å²) in [5.41, 5.74) is 1.48. The molecule has 4 nitrogen and oxygen atoms in total. The number of fused-ring (bicyclic) bond motifs is 1. The van der Waals surface area contributed by atoms with E-state index in [9.17, 15) is 4.79 Å². The summed E-state index contributed by atoms with van der Waals surface area (Å²) in [5.74, 6) is 0.833. The lowest BCUT2D eigenvalue weighted by Gasteiger charge is -2.26. The minimum absolute atomic E-state index is 0.291. The van der Waals surface area contributed by atoms with Crippen LogP contribution in [0, 0.1) is 11.8 Å². The van der Waals surface area contributed by atoms with Crippen LogP contribution in [0.25, 0.3) is 11.1 Å². The van der Waals surface area contributed by atoms with Gasteiger partial charge < -0.3 is 4.42 Å². The molecule has 21 heavy (non-hydrogen) atoms. The molecule has 0 radical (unpaired) electrons. The zero-order valence-electron chi connectivity index (χ0n) is 13.1. The molecule has 0 aliphatic rings. The molecule has 0 aliphatic carbocycles. The van der Waals surface area contributed by atoms with E-state index in [0.717, 1.165) is 23.1 Å². The fourth-order valence-corrected chi connectivity index (χ4v) is 2.94. The first-order chi connectivity index (χ1) is 9.86. The molecule has 1 aromatic heterocycles. The van der Waals surface area contributed by atoms with Crippen molar-refractivity contribution in [1.82, 2.24) is 9.47 Å². The predicted molar refractivity (Wildman–Crippen MR) is 89.4 cm³/mol. The lowest BCUT2D eigenvalue weighted by molar-refractivity contribution is 0.171. The van der Waals surface area contributed by atoms with Crippen molar-refractivity contribution < 1.29 is 4.42 Å². The van der Waals surface area contributed by atoms with Crippen LogP contribution in [0.4, 0.5) is 0 Å². The summed E-state index contributed by atoms with van der Waals surface area (Å²) in [6, 6.07) is 5.69. The average Bonchev–Trinajstić information content (AvgIpc) is 2.63. The van der Waals surface area contributed by atoms with E-state index in [1.807, 2.05) is 18.2 Å². The molecule has 2 rings (SSSR count). The Labute approximate surface area is 133 Å². The number of hydrogen-bond donors (Lipinski definition) is 0. The van der Waals surface area contributed by atoms with E-state index in [1.165, 1.54) is 0 Å². The van der Waals surface area contributed by atoms with E-state index in [0.29, 0.717) is 24.1 Å². The van der Waals surface area contributed by atoms with Crippen molar-refractivity contribution in [1.29, 1.82) is 0 Å². The molecule has 0 aliphatic heterocycles. The Morgan fingerprint density at radius 3 is 2.38 bits per heavy atom. The highest BCUT2D eigenvalue weighted by atomic mass is 79.9. The molecule has 1 aromatic carbocycles. The highest BCUT2D eigenvalue weighted by molar-refractivity contribution is 9.10. The van der Waals surface area contributed by atoms with E-state index >= 15 is 0 Å². The maximum Gasteiger partial charge on any atom is 0.421 e. The van der Waals surface area contributed by atoms with Gasteiger partial charge in [-0.15, -0.1) is 0 Å². The van der Waals surface area contributed by atoms with E-state index in [1.54, 1.807) is 4.57 Å². The van der Waals surface area contributed by atoms with Crippen molar-refractivity contribution in [3.8, 4) is 0 Å². The molecule has 0 saturated carbocycles. The molecule has 1 heterocycles. The first-order valence-corrected chi connectivity index (χ1v) is 8.17. The maximum atomic E-state index is 12.1. The summed E-state index contributed by atoms with van der Waals surface area (Å²) in [6.45, 7) is 11.3. The lowest BCUT2D eigenvalue weighted by atomic mass is 10.1. The van der Waals surface area contributed by atoms with Crippen LogP contribution in [-0.2, 0) is 6.67 Å². The zero-order chi connectivity index (χ0) is 15.6. The van der Waals surface area contributed by atoms with Crippen molar-refractivity contribution in [3.63, 3.8) is 0 Å². The Morgan fingerprint density at radius 1 is 1.19 bits per heavy atom. The van der Waals surface area contributed by atoms with Crippen LogP contribution >= 0.6 is 15.9 Å². The molecular formula is C16H23BrN2O2. The molecule has 0 fully saturated rings. The first-order valence-electron chi connectivity index (χ1n) is 7.38. The van der Waals surface area contributed by atoms with Gasteiger partial charge in [-0.2, -0.15) is 0 Å². The van der Waals surface area contributed by atoms with Crippen LogP contribution in [0.2, 0.25) is 0 Å². The Balaban J connectivity index is 2.31. The SMILES string of the molecule is CC(C)CN(CC(C)C)Cn1c(=O)oc2cc(Br)ccc21. The third-order valence-electron chi connectivity index (χ3n) is 3.22. The zero-order valence-corrected chi connectivity index (χ0v) is 14.7. The molecule has 0 saturated heterocycles. The molecule has 0 atom stereocenters. The summed E-state index contributed by atoms with van der Waals surface area (Å²) in [6.07, 6.45) is 0. The van der Waals surface area contributed by atoms with Gasteiger partial charge in [0.2, 0.25) is 0 Å². The number of benzene rings is 1. The molecular weight excluding hydrogens is 332 g/mol. The second kappa shape index (κ2) is 6.79. The summed E-state index contributed by atoms with van der Waals surface area (Å²) in [4.78, 5) is 14.4. The Hall–Kier alpha value is -1.07. The minimum Gasteiger partial charge on any atom is -0.408 e. The minimum atomic E-state index is -0.291. The van der Waals surface area contributed by atoms with Gasteiger partial charge in [-0.3, -0.25) is 9.47 Å². The van der Waals surface area contributed by atoms with Gasteiger partial charge in [0.25, 0.3) is 0 Å². The third kappa shape index (κ3) is 4.20. The average molecular weight is 355 g/mol. The van der Waals surface area contributed by atoms with Crippen molar-refractivity contribution >= 4 is 27.0 Å². The number of rotatable bonds is 6. The van der Waals surface area contributed by atoms with E-state index < -0.39 is 0 Å². The van der Waals surface area contributed by atoms with Crippen LogP contribution in [0.1, 0.15) is 27.7 Å². The van der Waals surface area contributed by atoms with Gasteiger partial charge in [-0.05, 0) is 30.0 Å². The van der Waals surface area contributed by atoms with Gasteiger partial charge in [0, 0.05) is 17.6 Å². The lowest BCUT2D eigenvalue weighted by Crippen LogP contribution is -2.35. The normalized spacial score (nSPS) is 12.2. The molecule has 0 unspecified atom stereocenters. The number of aromatic nitrogens is 1. The molecule has 0 N–H and O–H groups in total. The largest absolute Gasteiger partial charge is 0.421 e. The van der Waals surface area contributed by atoms with Crippen molar-refractivity contribution in [2.75, 3.05) is 13.1 Å². The number of halogens is 1. The predicted octanol–water partition coefficient (Wildman–Crippen LogP) is 3.93. The Morgan fingerprint density at radius 2 is 1.81 bits per heavy atom. The third-order valence-corrected chi connectivity index (χ3v) is 3.71. The quantitative estimate of drug-likeness (QED) is 0.788. The van der Waals surface area contributed by atoms with Crippen molar-refractivity contribution in [2.24, 2.45) is 11.8 Å². The molecule has 0 spiro atoms. The van der Waals surface area contributed by atoms with E-state index in [4.69, 9.17) is 4.42 Å². The standard InChI is InChI=1S/C16H23BrN2O2/c1-11(2)8-18(9-12(3)4)10-19-14-6-5-13(17)7-15(14)21-16(19)20/h5-7,11-12H,8-10H2,1-4H3. The summed E-state index contributed by atoms with van der Waals surface area (Å²) < 4.78 is 7.97. The monoisotopic (exact) mass is 354 g/mol. The Kier molecular flexibility index (Phi) is 5.27. The van der Waals surface area contributed by atoms with Crippen molar-refractivity contribution in [2.45, 2.75) is 34.4 Å².